The summed E-state index contributed by atoms with van der Waals surface area (Å²) in [4.78, 5) is 18.4. The zero-order valence-electron chi connectivity index (χ0n) is 13.4. The van der Waals surface area contributed by atoms with Gasteiger partial charge in [-0.25, -0.2) is 4.98 Å². The Hall–Kier alpha value is -2.44. The summed E-state index contributed by atoms with van der Waals surface area (Å²) in [6.07, 6.45) is 1.60. The summed E-state index contributed by atoms with van der Waals surface area (Å²) in [6, 6.07) is 13.4. The van der Waals surface area contributed by atoms with Crippen LogP contribution in [-0.4, -0.2) is 46.7 Å². The maximum absolute atomic E-state index is 12.1. The summed E-state index contributed by atoms with van der Waals surface area (Å²) in [5.74, 6) is -0.0730. The first-order chi connectivity index (χ1) is 11.7. The average Bonchev–Trinajstić information content (AvgIpc) is 2.58. The second-order valence-corrected chi connectivity index (χ2v) is 5.84. The zero-order chi connectivity index (χ0) is 16.8. The van der Waals surface area contributed by atoms with Gasteiger partial charge in [0.05, 0.1) is 19.1 Å². The molecule has 1 aliphatic heterocycles. The Bertz CT molecular complexity index is 678. The number of nitrogens with one attached hydrogen (secondary N) is 1. The van der Waals surface area contributed by atoms with Crippen LogP contribution in [0.25, 0.3) is 0 Å². The number of anilines is 1. The first kappa shape index (κ1) is 16.4. The lowest BCUT2D eigenvalue weighted by molar-refractivity contribution is -0.121. The van der Waals surface area contributed by atoms with Crippen molar-refractivity contribution >= 4 is 11.7 Å². The van der Waals surface area contributed by atoms with Crippen molar-refractivity contribution in [1.29, 1.82) is 0 Å². The third-order valence-electron chi connectivity index (χ3n) is 3.93. The van der Waals surface area contributed by atoms with E-state index in [1.165, 1.54) is 17.8 Å². The molecule has 0 saturated carbocycles. The van der Waals surface area contributed by atoms with E-state index >= 15 is 0 Å². The van der Waals surface area contributed by atoms with E-state index in [0.717, 1.165) is 13.1 Å². The van der Waals surface area contributed by atoms with Crippen LogP contribution in [0.5, 0.6) is 5.75 Å². The van der Waals surface area contributed by atoms with Crippen molar-refractivity contribution in [3.05, 3.63) is 54.2 Å². The fourth-order valence-corrected chi connectivity index (χ4v) is 2.77. The Morgan fingerprint density at radius 2 is 2.12 bits per heavy atom. The van der Waals surface area contributed by atoms with Gasteiger partial charge in [-0.3, -0.25) is 9.69 Å². The predicted octanol–water partition coefficient (Wildman–Crippen LogP) is 2.02. The van der Waals surface area contributed by atoms with Crippen LogP contribution in [0.15, 0.2) is 48.7 Å². The van der Waals surface area contributed by atoms with Gasteiger partial charge >= 0.3 is 0 Å². The van der Waals surface area contributed by atoms with Gasteiger partial charge in [0.2, 0.25) is 5.91 Å². The summed E-state index contributed by atoms with van der Waals surface area (Å²) in [6.45, 7) is 3.02. The second kappa shape index (κ2) is 7.90. The number of pyridine rings is 1. The molecule has 1 saturated heterocycles. The number of nitrogens with zero attached hydrogens (tertiary/aromatic N) is 2. The molecule has 2 aromatic rings. The summed E-state index contributed by atoms with van der Waals surface area (Å²) in [5.41, 5.74) is 1.25. The highest BCUT2D eigenvalue weighted by molar-refractivity contribution is 5.91. The van der Waals surface area contributed by atoms with Crippen LogP contribution in [0.4, 0.5) is 5.82 Å². The van der Waals surface area contributed by atoms with Gasteiger partial charge < -0.3 is 15.2 Å². The second-order valence-electron chi connectivity index (χ2n) is 5.84. The van der Waals surface area contributed by atoms with E-state index < -0.39 is 0 Å². The van der Waals surface area contributed by atoms with Gasteiger partial charge in [0.25, 0.3) is 0 Å². The Balaban J connectivity index is 1.51. The highest BCUT2D eigenvalue weighted by atomic mass is 16.5. The van der Waals surface area contributed by atoms with Crippen LogP contribution >= 0.6 is 0 Å². The van der Waals surface area contributed by atoms with E-state index in [2.05, 4.69) is 27.3 Å². The minimum Gasteiger partial charge on any atom is -0.504 e. The van der Waals surface area contributed by atoms with Gasteiger partial charge in [-0.2, -0.15) is 0 Å². The molecule has 24 heavy (non-hydrogen) atoms. The van der Waals surface area contributed by atoms with Gasteiger partial charge in [-0.15, -0.1) is 0 Å². The number of aromatic nitrogens is 1. The Kier molecular flexibility index (Phi) is 5.40. The molecule has 1 amide bonds. The maximum atomic E-state index is 12.1. The first-order valence-electron chi connectivity index (χ1n) is 8.02. The highest BCUT2D eigenvalue weighted by Crippen LogP contribution is 2.19. The number of benzene rings is 1. The molecule has 1 aliphatic rings. The zero-order valence-corrected chi connectivity index (χ0v) is 13.4. The van der Waals surface area contributed by atoms with Crippen molar-refractivity contribution in [3.8, 4) is 5.75 Å². The molecule has 2 N–H and O–H groups in total. The third-order valence-corrected chi connectivity index (χ3v) is 3.93. The normalized spacial score (nSPS) is 18.2. The molecule has 0 bridgehead atoms. The fourth-order valence-electron chi connectivity index (χ4n) is 2.77. The lowest BCUT2D eigenvalue weighted by atomic mass is 10.1. The van der Waals surface area contributed by atoms with Crippen molar-refractivity contribution < 1.29 is 14.6 Å². The van der Waals surface area contributed by atoms with E-state index in [0.29, 0.717) is 13.2 Å². The number of amides is 1. The van der Waals surface area contributed by atoms with E-state index in [1.807, 2.05) is 18.2 Å². The molecule has 1 atom stereocenters. The number of carbonyl (C=O) groups is 1. The van der Waals surface area contributed by atoms with E-state index in [4.69, 9.17) is 4.74 Å². The van der Waals surface area contributed by atoms with E-state index in [1.54, 1.807) is 6.07 Å². The number of morpholine rings is 1. The minimum atomic E-state index is -0.212. The number of hydrogen-bond acceptors (Lipinski definition) is 5. The van der Waals surface area contributed by atoms with Crippen molar-refractivity contribution in [3.63, 3.8) is 0 Å². The fraction of sp³-hybridized carbons (Fsp3) is 0.333. The molecule has 0 radical (unpaired) electrons. The molecule has 2 heterocycles. The molecule has 1 fully saturated rings. The van der Waals surface area contributed by atoms with Crippen LogP contribution < -0.4 is 5.32 Å². The number of hydrogen-bond donors (Lipinski definition) is 2. The molecule has 0 spiro atoms. The van der Waals surface area contributed by atoms with Crippen LogP contribution in [0, 0.1) is 0 Å². The molecule has 6 nitrogen and oxygen atoms in total. The molecule has 6 heteroatoms. The van der Waals surface area contributed by atoms with Crippen LogP contribution in [0.2, 0.25) is 0 Å². The summed E-state index contributed by atoms with van der Waals surface area (Å²) >= 11 is 0. The SMILES string of the molecule is O=C(CC1CN(Cc2ccccc2)CCO1)Nc1ncccc1O. The number of rotatable bonds is 5. The first-order valence-corrected chi connectivity index (χ1v) is 8.02. The van der Waals surface area contributed by atoms with Gasteiger partial charge in [0.15, 0.2) is 11.6 Å². The highest BCUT2D eigenvalue weighted by Gasteiger charge is 2.23. The van der Waals surface area contributed by atoms with Gasteiger partial charge in [0, 0.05) is 25.8 Å². The van der Waals surface area contributed by atoms with Gasteiger partial charge in [-0.1, -0.05) is 30.3 Å². The topological polar surface area (TPSA) is 74.7 Å². The minimum absolute atomic E-state index is 0.0406. The van der Waals surface area contributed by atoms with Crippen molar-refractivity contribution in [2.24, 2.45) is 0 Å². The van der Waals surface area contributed by atoms with Gasteiger partial charge in [0.1, 0.15) is 0 Å². The molecule has 1 unspecified atom stereocenters. The predicted molar refractivity (Wildman–Crippen MR) is 90.6 cm³/mol. The van der Waals surface area contributed by atoms with Crippen LogP contribution in [0.1, 0.15) is 12.0 Å². The smallest absolute Gasteiger partial charge is 0.228 e. The average molecular weight is 327 g/mol. The third kappa shape index (κ3) is 4.53. The van der Waals surface area contributed by atoms with Crippen molar-refractivity contribution in [1.82, 2.24) is 9.88 Å². The molecule has 1 aromatic carbocycles. The Labute approximate surface area is 141 Å². The summed E-state index contributed by atoms with van der Waals surface area (Å²) < 4.78 is 5.70. The van der Waals surface area contributed by atoms with Crippen molar-refractivity contribution in [2.75, 3.05) is 25.0 Å². The lowest BCUT2D eigenvalue weighted by Gasteiger charge is -2.32. The van der Waals surface area contributed by atoms with Crippen molar-refractivity contribution in [2.45, 2.75) is 19.1 Å². The Morgan fingerprint density at radius 3 is 2.92 bits per heavy atom. The maximum Gasteiger partial charge on any atom is 0.228 e. The molecule has 1 aromatic heterocycles. The van der Waals surface area contributed by atoms with Gasteiger partial charge in [-0.05, 0) is 17.7 Å². The van der Waals surface area contributed by atoms with E-state index in [9.17, 15) is 9.90 Å². The monoisotopic (exact) mass is 327 g/mol. The van der Waals surface area contributed by atoms with E-state index in [-0.39, 0.29) is 30.0 Å². The molecular formula is C18H21N3O3. The quantitative estimate of drug-likeness (QED) is 0.879. The molecule has 3 rings (SSSR count). The summed E-state index contributed by atoms with van der Waals surface area (Å²) in [5, 5.41) is 12.3. The molecule has 0 aliphatic carbocycles. The standard InChI is InChI=1S/C18H21N3O3/c22-16-7-4-8-19-18(16)20-17(23)11-15-13-21(9-10-24-15)12-14-5-2-1-3-6-14/h1-8,15,22H,9-13H2,(H,19,20,23). The number of ether oxygens (including phenoxy) is 1. The molecular weight excluding hydrogens is 306 g/mol. The number of aromatic hydroxyl groups is 1. The van der Waals surface area contributed by atoms with Crippen LogP contribution in [-0.2, 0) is 16.1 Å². The number of carbonyl (C=O) groups excluding carboxylic acids is 1. The lowest BCUT2D eigenvalue weighted by Crippen LogP contribution is -2.43. The summed E-state index contributed by atoms with van der Waals surface area (Å²) in [7, 11) is 0. The van der Waals surface area contributed by atoms with Crippen LogP contribution in [0.3, 0.4) is 0 Å². The Morgan fingerprint density at radius 1 is 1.29 bits per heavy atom. The largest absolute Gasteiger partial charge is 0.504 e. The molecule has 126 valence electrons.